The van der Waals surface area contributed by atoms with Crippen LogP contribution in [0.25, 0.3) is 6.08 Å². The third-order valence-electron chi connectivity index (χ3n) is 4.12. The van der Waals surface area contributed by atoms with E-state index >= 15 is 0 Å². The van der Waals surface area contributed by atoms with Crippen LogP contribution < -0.4 is 14.8 Å². The van der Waals surface area contributed by atoms with E-state index in [9.17, 15) is 4.79 Å². The number of rotatable bonds is 8. The van der Waals surface area contributed by atoms with E-state index in [4.69, 9.17) is 26.3 Å². The Bertz CT molecular complexity index is 1080. The number of nitrogens with one attached hydrogen (secondary N) is 1. The molecule has 0 unspecified atom stereocenters. The number of benzene rings is 2. The fourth-order valence-corrected chi connectivity index (χ4v) is 2.81. The number of hydrogen-bond acceptors (Lipinski definition) is 5. The Morgan fingerprint density at radius 1 is 1.23 bits per heavy atom. The average Bonchev–Trinajstić information content (AvgIpc) is 3.19. The maximum absolute atomic E-state index is 12.3. The predicted molar refractivity (Wildman–Crippen MR) is 115 cm³/mol. The number of anilines is 1. The largest absolute Gasteiger partial charge is 0.493 e. The Labute approximate surface area is 179 Å². The minimum Gasteiger partial charge on any atom is -0.493 e. The molecular weight excluding hydrogens is 404 g/mol. The number of methoxy groups -OCH3 is 1. The first kappa shape index (κ1) is 21.0. The Hall–Kier alpha value is -3.76. The van der Waals surface area contributed by atoms with Gasteiger partial charge in [-0.15, -0.1) is 0 Å². The Morgan fingerprint density at radius 3 is 2.77 bits per heavy atom. The van der Waals surface area contributed by atoms with Crippen LogP contribution in [0.5, 0.6) is 11.5 Å². The van der Waals surface area contributed by atoms with Gasteiger partial charge in [-0.1, -0.05) is 29.8 Å². The molecule has 0 radical (unpaired) electrons. The normalized spacial score (nSPS) is 10.6. The van der Waals surface area contributed by atoms with Crippen LogP contribution in [0, 0.1) is 11.3 Å². The first-order valence-corrected chi connectivity index (χ1v) is 9.40. The summed E-state index contributed by atoms with van der Waals surface area (Å²) in [6.07, 6.45) is 4.70. The lowest BCUT2D eigenvalue weighted by atomic mass is 10.2. The summed E-state index contributed by atoms with van der Waals surface area (Å²) in [4.78, 5) is 12.3. The number of carbonyl (C=O) groups is 1. The Morgan fingerprint density at radius 2 is 2.03 bits per heavy atom. The quantitative estimate of drug-likeness (QED) is 0.551. The second-order valence-electron chi connectivity index (χ2n) is 6.18. The number of halogens is 1. The van der Waals surface area contributed by atoms with E-state index < -0.39 is 0 Å². The third kappa shape index (κ3) is 5.63. The molecule has 7 nitrogen and oxygen atoms in total. The van der Waals surface area contributed by atoms with Crippen molar-refractivity contribution in [2.45, 2.75) is 6.54 Å². The number of nitrogens with zero attached hydrogens (tertiary/aromatic N) is 3. The van der Waals surface area contributed by atoms with Gasteiger partial charge in [0.25, 0.3) is 0 Å². The molecule has 0 aliphatic rings. The van der Waals surface area contributed by atoms with E-state index in [0.29, 0.717) is 28.9 Å². The summed E-state index contributed by atoms with van der Waals surface area (Å²) in [6, 6.07) is 16.3. The second kappa shape index (κ2) is 10.1. The fraction of sp³-hybridized carbons (Fsp3) is 0.136. The van der Waals surface area contributed by atoms with Gasteiger partial charge in [-0.25, -0.2) is 4.68 Å². The van der Waals surface area contributed by atoms with Crippen LogP contribution in [0.3, 0.4) is 0 Å². The molecule has 30 heavy (non-hydrogen) atoms. The standard InChI is InChI=1S/C22H19ClN4O3/c1-29-20-14-16(4-8-19(20)30-13-11-24)5-9-22(28)26-21-10-12-25-27(21)15-17-2-6-18(23)7-3-17/h2-10,12,14H,13,15H2,1H3,(H,26,28)/b9-5+. The van der Waals surface area contributed by atoms with Crippen LogP contribution in [0.4, 0.5) is 5.82 Å². The molecule has 3 aromatic rings. The van der Waals surface area contributed by atoms with E-state index in [2.05, 4.69) is 10.4 Å². The highest BCUT2D eigenvalue weighted by molar-refractivity contribution is 6.30. The van der Waals surface area contributed by atoms with Crippen molar-refractivity contribution in [3.05, 3.63) is 77.0 Å². The zero-order chi connectivity index (χ0) is 21.3. The molecule has 0 saturated carbocycles. The molecule has 1 amide bonds. The Balaban J connectivity index is 1.65. The molecule has 3 rings (SSSR count). The minimum absolute atomic E-state index is 0.0718. The average molecular weight is 423 g/mol. The zero-order valence-corrected chi connectivity index (χ0v) is 17.0. The maximum Gasteiger partial charge on any atom is 0.249 e. The van der Waals surface area contributed by atoms with Gasteiger partial charge in [-0.05, 0) is 41.5 Å². The van der Waals surface area contributed by atoms with Crippen LogP contribution in [-0.2, 0) is 11.3 Å². The molecule has 0 aliphatic carbocycles. The van der Waals surface area contributed by atoms with Crippen molar-refractivity contribution in [2.75, 3.05) is 19.0 Å². The van der Waals surface area contributed by atoms with E-state index in [-0.39, 0.29) is 12.5 Å². The molecule has 8 heteroatoms. The van der Waals surface area contributed by atoms with E-state index in [0.717, 1.165) is 11.1 Å². The van der Waals surface area contributed by atoms with E-state index in [1.54, 1.807) is 41.2 Å². The van der Waals surface area contributed by atoms with Crippen molar-refractivity contribution in [2.24, 2.45) is 0 Å². The molecule has 0 saturated heterocycles. The molecule has 1 heterocycles. The van der Waals surface area contributed by atoms with Crippen LogP contribution in [0.15, 0.2) is 60.8 Å². The molecule has 0 bridgehead atoms. The van der Waals surface area contributed by atoms with Gasteiger partial charge in [0.05, 0.1) is 19.9 Å². The van der Waals surface area contributed by atoms with Crippen molar-refractivity contribution in [1.29, 1.82) is 5.26 Å². The highest BCUT2D eigenvalue weighted by Crippen LogP contribution is 2.28. The van der Waals surface area contributed by atoms with E-state index in [1.165, 1.54) is 13.2 Å². The topological polar surface area (TPSA) is 89.2 Å². The fourth-order valence-electron chi connectivity index (χ4n) is 2.68. The SMILES string of the molecule is COc1cc(/C=C/C(=O)Nc2ccnn2Cc2ccc(Cl)cc2)ccc1OCC#N. The van der Waals surface area contributed by atoms with Crippen molar-refractivity contribution in [3.63, 3.8) is 0 Å². The minimum atomic E-state index is -0.295. The van der Waals surface area contributed by atoms with Crippen LogP contribution >= 0.6 is 11.6 Å². The molecule has 0 aliphatic heterocycles. The molecule has 1 N–H and O–H groups in total. The number of aromatic nitrogens is 2. The molecule has 152 valence electrons. The third-order valence-corrected chi connectivity index (χ3v) is 4.37. The van der Waals surface area contributed by atoms with Crippen LogP contribution in [0.2, 0.25) is 5.02 Å². The van der Waals surface area contributed by atoms with Gasteiger partial charge >= 0.3 is 0 Å². The van der Waals surface area contributed by atoms with Gasteiger partial charge < -0.3 is 14.8 Å². The molecule has 1 aromatic heterocycles. The summed E-state index contributed by atoms with van der Waals surface area (Å²) < 4.78 is 12.2. The van der Waals surface area contributed by atoms with Crippen molar-refractivity contribution in [3.8, 4) is 17.6 Å². The number of ether oxygens (including phenoxy) is 2. The lowest BCUT2D eigenvalue weighted by Gasteiger charge is -2.09. The number of carbonyl (C=O) groups excluding carboxylic acids is 1. The molecular formula is C22H19ClN4O3. The summed E-state index contributed by atoms with van der Waals surface area (Å²) in [5, 5.41) is 16.4. The summed E-state index contributed by atoms with van der Waals surface area (Å²) >= 11 is 5.91. The lowest BCUT2D eigenvalue weighted by Crippen LogP contribution is -2.13. The first-order chi connectivity index (χ1) is 14.6. The van der Waals surface area contributed by atoms with Gasteiger partial charge in [0.1, 0.15) is 11.9 Å². The van der Waals surface area contributed by atoms with Gasteiger partial charge in [0.2, 0.25) is 5.91 Å². The second-order valence-corrected chi connectivity index (χ2v) is 6.62. The lowest BCUT2D eigenvalue weighted by molar-refractivity contribution is -0.111. The van der Waals surface area contributed by atoms with Crippen LogP contribution in [-0.4, -0.2) is 29.4 Å². The maximum atomic E-state index is 12.3. The summed E-state index contributed by atoms with van der Waals surface area (Å²) in [7, 11) is 1.51. The van der Waals surface area contributed by atoms with Crippen molar-refractivity contribution in [1.82, 2.24) is 9.78 Å². The van der Waals surface area contributed by atoms with E-state index in [1.807, 2.05) is 30.3 Å². The number of amides is 1. The zero-order valence-electron chi connectivity index (χ0n) is 16.2. The summed E-state index contributed by atoms with van der Waals surface area (Å²) in [5.74, 6) is 1.23. The highest BCUT2D eigenvalue weighted by atomic mass is 35.5. The van der Waals surface area contributed by atoms with Gasteiger partial charge in [-0.3, -0.25) is 4.79 Å². The molecule has 2 aromatic carbocycles. The van der Waals surface area contributed by atoms with Gasteiger partial charge in [0, 0.05) is 17.2 Å². The monoisotopic (exact) mass is 422 g/mol. The number of hydrogen-bond donors (Lipinski definition) is 1. The summed E-state index contributed by atoms with van der Waals surface area (Å²) in [5.41, 5.74) is 1.76. The molecule has 0 fully saturated rings. The smallest absolute Gasteiger partial charge is 0.249 e. The first-order valence-electron chi connectivity index (χ1n) is 9.02. The number of nitriles is 1. The molecule has 0 atom stereocenters. The van der Waals surface area contributed by atoms with Crippen LogP contribution in [0.1, 0.15) is 11.1 Å². The summed E-state index contributed by atoms with van der Waals surface area (Å²) in [6.45, 7) is 0.433. The predicted octanol–water partition coefficient (Wildman–Crippen LogP) is 4.15. The molecule has 0 spiro atoms. The van der Waals surface area contributed by atoms with Gasteiger partial charge in [-0.2, -0.15) is 10.4 Å². The highest BCUT2D eigenvalue weighted by Gasteiger charge is 2.07. The Kier molecular flexibility index (Phi) is 7.09. The van der Waals surface area contributed by atoms with Gasteiger partial charge in [0.15, 0.2) is 18.1 Å². The van der Waals surface area contributed by atoms with Crippen molar-refractivity contribution < 1.29 is 14.3 Å². The van der Waals surface area contributed by atoms with Crippen molar-refractivity contribution >= 4 is 29.4 Å².